The third-order valence-corrected chi connectivity index (χ3v) is 3.56. The highest BCUT2D eigenvalue weighted by atomic mass is 32.2. The number of rotatable bonds is 2. The first-order valence-electron chi connectivity index (χ1n) is 5.25. The second-order valence-electron chi connectivity index (χ2n) is 3.64. The van der Waals surface area contributed by atoms with E-state index in [-0.39, 0.29) is 5.97 Å². The van der Waals surface area contributed by atoms with Crippen molar-refractivity contribution in [3.63, 3.8) is 0 Å². The van der Waals surface area contributed by atoms with Crippen LogP contribution >= 0.6 is 11.8 Å². The Hall–Kier alpha value is -0.900. The van der Waals surface area contributed by atoms with E-state index < -0.39 is 0 Å². The van der Waals surface area contributed by atoms with Crippen molar-refractivity contribution in [1.82, 2.24) is 4.90 Å². The van der Waals surface area contributed by atoms with Gasteiger partial charge in [0.25, 0.3) is 0 Å². The summed E-state index contributed by atoms with van der Waals surface area (Å²) >= 11 is 1.68. The number of allylic oxidation sites excluding steroid dienone is 1. The van der Waals surface area contributed by atoms with Gasteiger partial charge in [0, 0.05) is 17.6 Å². The molecule has 0 atom stereocenters. The molecule has 0 fully saturated rings. The van der Waals surface area contributed by atoms with Crippen LogP contribution in [0.5, 0.6) is 0 Å². The minimum absolute atomic E-state index is 0.146. The van der Waals surface area contributed by atoms with E-state index in [1.807, 2.05) is 6.92 Å². The van der Waals surface area contributed by atoms with E-state index in [2.05, 4.69) is 18.0 Å². The largest absolute Gasteiger partial charge is 0.463 e. The summed E-state index contributed by atoms with van der Waals surface area (Å²) in [5.74, 6) is -0.146. The van der Waals surface area contributed by atoms with Gasteiger partial charge in [0.15, 0.2) is 0 Å². The summed E-state index contributed by atoms with van der Waals surface area (Å²) < 4.78 is 5.06. The molecule has 3 nitrogen and oxygen atoms in total. The van der Waals surface area contributed by atoms with Crippen molar-refractivity contribution in [2.75, 3.05) is 13.2 Å². The van der Waals surface area contributed by atoms with E-state index in [1.54, 1.807) is 11.8 Å². The average molecular weight is 225 g/mol. The fourth-order valence-electron chi connectivity index (χ4n) is 1.86. The molecule has 2 aliphatic rings. The van der Waals surface area contributed by atoms with E-state index in [9.17, 15) is 4.79 Å². The predicted octanol–water partition coefficient (Wildman–Crippen LogP) is 2.47. The summed E-state index contributed by atoms with van der Waals surface area (Å²) in [6.07, 6.45) is 3.99. The van der Waals surface area contributed by atoms with Gasteiger partial charge < -0.3 is 9.64 Å². The molecule has 0 aromatic rings. The molecular formula is C11H15NO2S. The van der Waals surface area contributed by atoms with Gasteiger partial charge in [-0.05, 0) is 26.7 Å². The van der Waals surface area contributed by atoms with E-state index in [4.69, 9.17) is 4.74 Å². The summed E-state index contributed by atoms with van der Waals surface area (Å²) in [7, 11) is 0. The topological polar surface area (TPSA) is 29.5 Å². The zero-order valence-electron chi connectivity index (χ0n) is 9.08. The molecule has 0 spiro atoms. The van der Waals surface area contributed by atoms with Crippen molar-refractivity contribution in [3.05, 3.63) is 21.7 Å². The summed E-state index contributed by atoms with van der Waals surface area (Å²) in [6.45, 7) is 5.38. The maximum Gasteiger partial charge on any atom is 0.336 e. The lowest BCUT2D eigenvalue weighted by molar-refractivity contribution is -0.138. The van der Waals surface area contributed by atoms with Gasteiger partial charge in [0.05, 0.1) is 17.2 Å². The monoisotopic (exact) mass is 225 g/mol. The molecule has 0 saturated heterocycles. The molecule has 0 amide bonds. The molecule has 4 heteroatoms. The summed E-state index contributed by atoms with van der Waals surface area (Å²) in [6, 6.07) is 0. The molecule has 0 bridgehead atoms. The van der Waals surface area contributed by atoms with Crippen LogP contribution in [0.2, 0.25) is 0 Å². The highest BCUT2D eigenvalue weighted by Crippen LogP contribution is 2.41. The lowest BCUT2D eigenvalue weighted by Crippen LogP contribution is -2.23. The van der Waals surface area contributed by atoms with E-state index in [0.717, 1.165) is 30.0 Å². The standard InChI is InChI=1S/C11H15NO2S/c1-3-14-11(13)9-5-4-6-12-7-8(2)15-10(9)12/h7H,3-6H2,1-2H3. The lowest BCUT2D eigenvalue weighted by Gasteiger charge is -2.25. The molecule has 0 radical (unpaired) electrons. The number of carbonyl (C=O) groups is 1. The number of thioether (sulfide) groups is 1. The van der Waals surface area contributed by atoms with Crippen molar-refractivity contribution in [2.45, 2.75) is 26.7 Å². The number of hydrogen-bond acceptors (Lipinski definition) is 4. The highest BCUT2D eigenvalue weighted by Gasteiger charge is 2.28. The number of fused-ring (bicyclic) bond motifs is 1. The maximum atomic E-state index is 11.7. The number of carbonyl (C=O) groups excluding carboxylic acids is 1. The summed E-state index contributed by atoms with van der Waals surface area (Å²) in [5.41, 5.74) is 0.848. The van der Waals surface area contributed by atoms with Crippen molar-refractivity contribution < 1.29 is 9.53 Å². The Bertz CT molecular complexity index is 346. The smallest absolute Gasteiger partial charge is 0.336 e. The Morgan fingerprint density at radius 3 is 3.20 bits per heavy atom. The molecule has 0 aromatic carbocycles. The number of hydrogen-bond donors (Lipinski definition) is 0. The first-order chi connectivity index (χ1) is 7.22. The lowest BCUT2D eigenvalue weighted by atomic mass is 10.1. The minimum Gasteiger partial charge on any atom is -0.463 e. The Labute approximate surface area is 94.2 Å². The summed E-state index contributed by atoms with van der Waals surface area (Å²) in [4.78, 5) is 15.1. The van der Waals surface area contributed by atoms with Crippen LogP contribution in [-0.4, -0.2) is 24.0 Å². The number of esters is 1. The van der Waals surface area contributed by atoms with Crippen LogP contribution in [-0.2, 0) is 9.53 Å². The molecule has 0 saturated carbocycles. The first kappa shape index (κ1) is 10.6. The fourth-order valence-corrected chi connectivity index (χ4v) is 2.91. The van der Waals surface area contributed by atoms with Gasteiger partial charge in [-0.1, -0.05) is 11.8 Å². The van der Waals surface area contributed by atoms with Gasteiger partial charge in [0.1, 0.15) is 0 Å². The van der Waals surface area contributed by atoms with Crippen LogP contribution in [0.4, 0.5) is 0 Å². The molecule has 0 unspecified atom stereocenters. The summed E-state index contributed by atoms with van der Waals surface area (Å²) in [5, 5.41) is 1.08. The Kier molecular flexibility index (Phi) is 3.05. The van der Waals surface area contributed by atoms with Crippen LogP contribution in [0.1, 0.15) is 26.7 Å². The van der Waals surface area contributed by atoms with Crippen molar-refractivity contribution in [3.8, 4) is 0 Å². The van der Waals surface area contributed by atoms with Crippen molar-refractivity contribution >= 4 is 17.7 Å². The predicted molar refractivity (Wildman–Crippen MR) is 60.9 cm³/mol. The van der Waals surface area contributed by atoms with E-state index >= 15 is 0 Å². The van der Waals surface area contributed by atoms with E-state index in [0.29, 0.717) is 6.61 Å². The third kappa shape index (κ3) is 2.04. The van der Waals surface area contributed by atoms with Crippen LogP contribution in [0.3, 0.4) is 0 Å². The van der Waals surface area contributed by atoms with Gasteiger partial charge in [-0.3, -0.25) is 0 Å². The molecule has 82 valence electrons. The van der Waals surface area contributed by atoms with Gasteiger partial charge in [-0.2, -0.15) is 0 Å². The van der Waals surface area contributed by atoms with Gasteiger partial charge in [-0.25, -0.2) is 4.79 Å². The third-order valence-electron chi connectivity index (χ3n) is 2.46. The quantitative estimate of drug-likeness (QED) is 0.675. The van der Waals surface area contributed by atoms with Crippen molar-refractivity contribution in [1.29, 1.82) is 0 Å². The molecule has 0 aliphatic carbocycles. The first-order valence-corrected chi connectivity index (χ1v) is 6.07. The second-order valence-corrected chi connectivity index (χ2v) is 4.88. The SMILES string of the molecule is CCOC(=O)C1=C2SC(C)=CN2CCC1. The molecule has 0 N–H and O–H groups in total. The van der Waals surface area contributed by atoms with Crippen LogP contribution < -0.4 is 0 Å². The minimum atomic E-state index is -0.146. The molecule has 2 heterocycles. The average Bonchev–Trinajstić information content (AvgIpc) is 2.57. The Morgan fingerprint density at radius 2 is 2.47 bits per heavy atom. The molecule has 15 heavy (non-hydrogen) atoms. The number of ether oxygens (including phenoxy) is 1. The van der Waals surface area contributed by atoms with Crippen LogP contribution in [0.25, 0.3) is 0 Å². The zero-order valence-corrected chi connectivity index (χ0v) is 9.89. The Morgan fingerprint density at radius 1 is 1.67 bits per heavy atom. The maximum absolute atomic E-state index is 11.7. The normalized spacial score (nSPS) is 20.1. The van der Waals surface area contributed by atoms with Gasteiger partial charge in [0.2, 0.25) is 0 Å². The zero-order chi connectivity index (χ0) is 10.8. The highest BCUT2D eigenvalue weighted by molar-refractivity contribution is 8.06. The fraction of sp³-hybridized carbons (Fsp3) is 0.545. The van der Waals surface area contributed by atoms with Crippen LogP contribution in [0, 0.1) is 0 Å². The molecule has 0 aromatic heterocycles. The van der Waals surface area contributed by atoms with Gasteiger partial charge in [-0.15, -0.1) is 0 Å². The van der Waals surface area contributed by atoms with Crippen LogP contribution in [0.15, 0.2) is 21.7 Å². The molecule has 2 aliphatic heterocycles. The second kappa shape index (κ2) is 4.31. The van der Waals surface area contributed by atoms with Crippen molar-refractivity contribution in [2.24, 2.45) is 0 Å². The van der Waals surface area contributed by atoms with Gasteiger partial charge >= 0.3 is 5.97 Å². The van der Waals surface area contributed by atoms with E-state index in [1.165, 1.54) is 4.91 Å². The number of nitrogens with zero attached hydrogens (tertiary/aromatic N) is 1. The molecule has 2 rings (SSSR count). The molecular weight excluding hydrogens is 210 g/mol. The Balaban J connectivity index is 2.23.